The Morgan fingerprint density at radius 1 is 1.19 bits per heavy atom. The average Bonchev–Trinajstić information content (AvgIpc) is 3.00. The fourth-order valence-corrected chi connectivity index (χ4v) is 3.86. The molecule has 32 heavy (non-hydrogen) atoms. The van der Waals surface area contributed by atoms with Crippen LogP contribution < -0.4 is 14.8 Å². The van der Waals surface area contributed by atoms with Gasteiger partial charge >= 0.3 is 12.0 Å². The predicted molar refractivity (Wildman–Crippen MR) is 122 cm³/mol. The highest BCUT2D eigenvalue weighted by Crippen LogP contribution is 2.38. The van der Waals surface area contributed by atoms with E-state index < -0.39 is 24.5 Å². The molecule has 0 saturated carbocycles. The first-order valence-corrected chi connectivity index (χ1v) is 10.6. The molecule has 1 N–H and O–H groups in total. The number of carbonyl (C=O) groups excluding carboxylic acids is 3. The first-order chi connectivity index (χ1) is 15.2. The highest BCUT2D eigenvalue weighted by Gasteiger charge is 2.35. The van der Waals surface area contributed by atoms with Gasteiger partial charge in [-0.25, -0.2) is 9.69 Å². The maximum absolute atomic E-state index is 12.5. The van der Waals surface area contributed by atoms with E-state index in [0.29, 0.717) is 31.6 Å². The third-order valence-corrected chi connectivity index (χ3v) is 5.60. The summed E-state index contributed by atoms with van der Waals surface area (Å²) in [6.45, 7) is -0.312. The fraction of sp³-hybridized carbons (Fsp3) is 0.190. The molecule has 0 aliphatic carbocycles. The van der Waals surface area contributed by atoms with E-state index in [1.807, 2.05) is 0 Å². The van der Waals surface area contributed by atoms with E-state index >= 15 is 0 Å². The van der Waals surface area contributed by atoms with E-state index in [2.05, 4.69) is 26.0 Å². The Hall–Kier alpha value is -2.75. The van der Waals surface area contributed by atoms with E-state index in [1.54, 1.807) is 30.3 Å². The topological polar surface area (TPSA) is 94.2 Å². The largest absolute Gasteiger partial charge is 0.493 e. The van der Waals surface area contributed by atoms with Crippen LogP contribution in [0.5, 0.6) is 11.5 Å². The molecule has 0 unspecified atom stereocenters. The number of esters is 1. The van der Waals surface area contributed by atoms with Crippen LogP contribution in [0.4, 0.5) is 4.79 Å². The lowest BCUT2D eigenvalue weighted by Crippen LogP contribution is -2.36. The minimum absolute atomic E-state index is 0.00877. The molecule has 1 saturated heterocycles. The van der Waals surface area contributed by atoms with Gasteiger partial charge in [0.15, 0.2) is 11.5 Å². The fourth-order valence-electron chi connectivity index (χ4n) is 2.83. The number of carbonyl (C=O) groups is 3. The molecule has 0 atom stereocenters. The summed E-state index contributed by atoms with van der Waals surface area (Å²) >= 11 is 15.6. The molecular formula is C21H17BrCl2N2O6. The van der Waals surface area contributed by atoms with Crippen LogP contribution in [0.1, 0.15) is 11.1 Å². The van der Waals surface area contributed by atoms with Crippen molar-refractivity contribution in [3.63, 3.8) is 0 Å². The Labute approximate surface area is 202 Å². The van der Waals surface area contributed by atoms with Gasteiger partial charge in [0, 0.05) is 15.6 Å². The van der Waals surface area contributed by atoms with E-state index in [1.165, 1.54) is 20.3 Å². The van der Waals surface area contributed by atoms with Crippen molar-refractivity contribution in [1.82, 2.24) is 10.2 Å². The number of urea groups is 1. The van der Waals surface area contributed by atoms with Gasteiger partial charge in [-0.15, -0.1) is 0 Å². The lowest BCUT2D eigenvalue weighted by Gasteiger charge is -2.14. The van der Waals surface area contributed by atoms with Gasteiger partial charge in [-0.3, -0.25) is 9.59 Å². The lowest BCUT2D eigenvalue weighted by atomic mass is 10.1. The number of benzene rings is 2. The average molecular weight is 544 g/mol. The molecular weight excluding hydrogens is 527 g/mol. The molecule has 1 fully saturated rings. The zero-order valence-corrected chi connectivity index (χ0v) is 20.0. The zero-order chi connectivity index (χ0) is 23.4. The van der Waals surface area contributed by atoms with Gasteiger partial charge in [0.1, 0.15) is 18.8 Å². The summed E-state index contributed by atoms with van der Waals surface area (Å²) in [7, 11) is 2.65. The zero-order valence-electron chi connectivity index (χ0n) is 16.9. The molecule has 2 aromatic rings. The monoisotopic (exact) mass is 542 g/mol. The van der Waals surface area contributed by atoms with Crippen molar-refractivity contribution in [3.8, 4) is 11.5 Å². The molecule has 2 aromatic carbocycles. The maximum atomic E-state index is 12.5. The van der Waals surface area contributed by atoms with E-state index in [0.717, 1.165) is 10.5 Å². The number of hydrogen-bond donors (Lipinski definition) is 1. The Bertz CT molecular complexity index is 1120. The van der Waals surface area contributed by atoms with Crippen molar-refractivity contribution in [2.24, 2.45) is 0 Å². The number of nitrogens with zero attached hydrogens (tertiary/aromatic N) is 1. The van der Waals surface area contributed by atoms with Gasteiger partial charge in [-0.1, -0.05) is 29.3 Å². The summed E-state index contributed by atoms with van der Waals surface area (Å²) in [5.41, 5.74) is 1.30. The Kier molecular flexibility index (Phi) is 7.65. The molecule has 1 aliphatic heterocycles. The second kappa shape index (κ2) is 10.2. The van der Waals surface area contributed by atoms with Crippen molar-refractivity contribution in [1.29, 1.82) is 0 Å². The van der Waals surface area contributed by atoms with Crippen LogP contribution in [-0.4, -0.2) is 43.6 Å². The van der Waals surface area contributed by atoms with Gasteiger partial charge in [-0.05, 0) is 51.8 Å². The van der Waals surface area contributed by atoms with Crippen molar-refractivity contribution in [3.05, 3.63) is 61.7 Å². The van der Waals surface area contributed by atoms with Crippen LogP contribution >= 0.6 is 39.1 Å². The molecule has 168 valence electrons. The summed E-state index contributed by atoms with van der Waals surface area (Å²) in [6, 6.07) is 7.72. The van der Waals surface area contributed by atoms with Crippen molar-refractivity contribution in [2.75, 3.05) is 20.8 Å². The molecule has 1 aliphatic rings. The Balaban J connectivity index is 1.82. The van der Waals surface area contributed by atoms with E-state index in [9.17, 15) is 14.4 Å². The molecule has 3 amide bonds. The first kappa shape index (κ1) is 23.9. The van der Waals surface area contributed by atoms with Crippen LogP contribution in [0.25, 0.3) is 6.08 Å². The molecule has 0 spiro atoms. The number of nitrogens with one attached hydrogen (secondary N) is 1. The highest BCUT2D eigenvalue weighted by atomic mass is 79.9. The van der Waals surface area contributed by atoms with Gasteiger partial charge < -0.3 is 19.5 Å². The number of halogens is 3. The molecule has 11 heteroatoms. The maximum Gasteiger partial charge on any atom is 0.329 e. The SMILES string of the molecule is COC(=O)CN1C(=O)N/C(=C/c2cc(Br)c(OCc3ccc(Cl)cc3Cl)c(OC)c2)C1=O. The summed E-state index contributed by atoms with van der Waals surface area (Å²) in [6.07, 6.45) is 1.46. The molecule has 0 bridgehead atoms. The van der Waals surface area contributed by atoms with Crippen LogP contribution in [0.2, 0.25) is 10.0 Å². The second-order valence-electron chi connectivity index (χ2n) is 6.51. The Morgan fingerprint density at radius 3 is 2.59 bits per heavy atom. The second-order valence-corrected chi connectivity index (χ2v) is 8.21. The number of imide groups is 1. The van der Waals surface area contributed by atoms with Gasteiger partial charge in [0.2, 0.25) is 0 Å². The van der Waals surface area contributed by atoms with Crippen LogP contribution in [0.3, 0.4) is 0 Å². The number of methoxy groups -OCH3 is 2. The number of hydrogen-bond acceptors (Lipinski definition) is 6. The quantitative estimate of drug-likeness (QED) is 0.316. The number of rotatable bonds is 7. The first-order valence-electron chi connectivity index (χ1n) is 9.09. The van der Waals surface area contributed by atoms with E-state index in [4.69, 9.17) is 32.7 Å². The molecule has 0 radical (unpaired) electrons. The molecule has 0 aromatic heterocycles. The molecule has 3 rings (SSSR count). The Morgan fingerprint density at radius 2 is 1.94 bits per heavy atom. The summed E-state index contributed by atoms with van der Waals surface area (Å²) < 4.78 is 16.4. The lowest BCUT2D eigenvalue weighted by molar-refractivity contribution is -0.143. The predicted octanol–water partition coefficient (Wildman–Crippen LogP) is 4.41. The third kappa shape index (κ3) is 5.35. The third-order valence-electron chi connectivity index (χ3n) is 4.43. The summed E-state index contributed by atoms with van der Waals surface area (Å²) in [4.78, 5) is 36.7. The van der Waals surface area contributed by atoms with Gasteiger partial charge in [0.05, 0.1) is 18.7 Å². The van der Waals surface area contributed by atoms with Crippen LogP contribution in [-0.2, 0) is 20.9 Å². The van der Waals surface area contributed by atoms with Crippen LogP contribution in [0, 0.1) is 0 Å². The number of amides is 3. The summed E-state index contributed by atoms with van der Waals surface area (Å²) in [5, 5.41) is 3.43. The normalized spacial score (nSPS) is 14.5. The van der Waals surface area contributed by atoms with Gasteiger partial charge in [-0.2, -0.15) is 0 Å². The smallest absolute Gasteiger partial charge is 0.329 e. The standard InChI is InChI=1S/C21H17BrCl2N2O6/c1-30-17-7-11(6-16-20(28)26(21(29)25-16)9-18(27)31-2)5-14(22)19(17)32-10-12-3-4-13(23)8-15(12)24/h3-8H,9-10H2,1-2H3,(H,25,29)/b16-6+. The van der Waals surface area contributed by atoms with Crippen LogP contribution in [0.15, 0.2) is 40.5 Å². The van der Waals surface area contributed by atoms with Crippen molar-refractivity contribution in [2.45, 2.75) is 6.61 Å². The highest BCUT2D eigenvalue weighted by molar-refractivity contribution is 9.10. The van der Waals surface area contributed by atoms with Crippen molar-refractivity contribution >= 4 is 63.1 Å². The minimum Gasteiger partial charge on any atom is -0.493 e. The number of ether oxygens (including phenoxy) is 3. The van der Waals surface area contributed by atoms with Crippen molar-refractivity contribution < 1.29 is 28.6 Å². The molecule has 1 heterocycles. The minimum atomic E-state index is -0.711. The summed E-state index contributed by atoms with van der Waals surface area (Å²) in [5.74, 6) is -0.538. The van der Waals surface area contributed by atoms with E-state index in [-0.39, 0.29) is 12.3 Å². The molecule has 8 nitrogen and oxygen atoms in total. The van der Waals surface area contributed by atoms with Gasteiger partial charge in [0.25, 0.3) is 5.91 Å².